The van der Waals surface area contributed by atoms with Gasteiger partial charge in [0.05, 0.1) is 0 Å². The number of hydrogen-bond acceptors (Lipinski definition) is 10. The number of aliphatic hydroxyl groups is 2. The summed E-state index contributed by atoms with van der Waals surface area (Å²) >= 11 is 0. The number of hydrogen-bond donors (Lipinski definition) is 3. The molecule has 0 aromatic rings. The van der Waals surface area contributed by atoms with Crippen molar-refractivity contribution in [2.24, 2.45) is 0 Å². The number of carbonyl (C=O) groups is 4. The second-order valence-electron chi connectivity index (χ2n) is 9.75. The molecule has 0 radical (unpaired) electrons. The molecule has 42 heavy (non-hydrogen) atoms. The van der Waals surface area contributed by atoms with Gasteiger partial charge in [-0.25, -0.2) is 9.59 Å². The molecular weight excluding hydrogens is 590 g/mol. The first-order valence-electron chi connectivity index (χ1n) is 14.0. The molecule has 0 amide bonds. The molecule has 0 aromatic carbocycles. The molecule has 0 aliphatic carbocycles. The maximum Gasteiger partial charge on any atom is 1.00 e. The molecule has 0 saturated carbocycles. The van der Waals surface area contributed by atoms with Crippen molar-refractivity contribution in [2.45, 2.75) is 127 Å². The molecule has 0 fully saturated rings. The Hall–Kier alpha value is -0.410. The van der Waals surface area contributed by atoms with Gasteiger partial charge in [-0.3, -0.25) is 14.1 Å². The van der Waals surface area contributed by atoms with E-state index in [1.165, 1.54) is 0 Å². The van der Waals surface area contributed by atoms with Gasteiger partial charge in [-0.1, -0.05) is 70.4 Å². The number of esters is 4. The summed E-state index contributed by atoms with van der Waals surface area (Å²) in [6, 6.07) is 0. The van der Waals surface area contributed by atoms with Gasteiger partial charge in [0.2, 0.25) is 0 Å². The SMILES string of the molecule is C=CCCCCCCCCC(=O)OC(=O)C(O)(O)C(CC)(C(=O)OC(=O)CCCCCCCCC=C)S(=O)(=O)O.[H-].[H-].[Na+].[Na+]. The second-order valence-corrected chi connectivity index (χ2v) is 11.4. The van der Waals surface area contributed by atoms with Crippen LogP contribution >= 0.6 is 0 Å². The van der Waals surface area contributed by atoms with Crippen LogP contribution < -0.4 is 59.1 Å². The molecule has 3 N–H and O–H groups in total. The summed E-state index contributed by atoms with van der Waals surface area (Å²) in [7, 11) is -5.79. The van der Waals surface area contributed by atoms with E-state index in [0.29, 0.717) is 25.7 Å². The van der Waals surface area contributed by atoms with Crippen LogP contribution in [0.5, 0.6) is 0 Å². The zero-order valence-corrected chi connectivity index (χ0v) is 30.4. The number of allylic oxidation sites excluding steroid dienone is 2. The van der Waals surface area contributed by atoms with Crippen molar-refractivity contribution in [3.63, 3.8) is 0 Å². The molecule has 0 aromatic heterocycles. The third kappa shape index (κ3) is 16.1. The third-order valence-electron chi connectivity index (χ3n) is 6.61. The van der Waals surface area contributed by atoms with E-state index in [-0.39, 0.29) is 74.8 Å². The molecule has 1 unspecified atom stereocenters. The Balaban J connectivity index is -0.00000127. The molecule has 234 valence electrons. The Morgan fingerprint density at radius 3 is 1.36 bits per heavy atom. The van der Waals surface area contributed by atoms with Gasteiger partial charge in [-0.2, -0.15) is 8.42 Å². The molecule has 0 heterocycles. The molecular formula is C28H48Na2O11S. The summed E-state index contributed by atoms with van der Waals surface area (Å²) in [4.78, 5) is 49.5. The smallest absolute Gasteiger partial charge is 1.00 e. The van der Waals surface area contributed by atoms with E-state index in [1.54, 1.807) is 0 Å². The van der Waals surface area contributed by atoms with Gasteiger partial charge in [0.25, 0.3) is 20.7 Å². The Morgan fingerprint density at radius 1 is 0.690 bits per heavy atom. The van der Waals surface area contributed by atoms with Crippen LogP contribution in [0.3, 0.4) is 0 Å². The van der Waals surface area contributed by atoms with Crippen LogP contribution in [0.1, 0.15) is 119 Å². The van der Waals surface area contributed by atoms with Gasteiger partial charge in [-0.15, -0.1) is 13.2 Å². The fraction of sp³-hybridized carbons (Fsp3) is 0.714. The van der Waals surface area contributed by atoms with Gasteiger partial charge in [0.1, 0.15) is 0 Å². The Bertz CT molecular complexity index is 963. The predicted molar refractivity (Wildman–Crippen MR) is 150 cm³/mol. The van der Waals surface area contributed by atoms with Crippen LogP contribution in [-0.4, -0.2) is 57.6 Å². The van der Waals surface area contributed by atoms with Crippen molar-refractivity contribution in [1.29, 1.82) is 0 Å². The summed E-state index contributed by atoms with van der Waals surface area (Å²) in [6.07, 6.45) is 13.2. The van der Waals surface area contributed by atoms with Crippen LogP contribution in [0.15, 0.2) is 25.3 Å². The van der Waals surface area contributed by atoms with E-state index in [9.17, 15) is 42.4 Å². The molecule has 0 saturated heterocycles. The predicted octanol–water partition coefficient (Wildman–Crippen LogP) is -1.31. The zero-order valence-electron chi connectivity index (χ0n) is 27.6. The van der Waals surface area contributed by atoms with Crippen LogP contribution in [0.25, 0.3) is 0 Å². The Kier molecular flexibility index (Phi) is 27.2. The molecule has 0 aliphatic heterocycles. The fourth-order valence-electron chi connectivity index (χ4n) is 4.16. The van der Waals surface area contributed by atoms with Crippen molar-refractivity contribution in [3.05, 3.63) is 25.3 Å². The minimum atomic E-state index is -5.79. The summed E-state index contributed by atoms with van der Waals surface area (Å²) in [5.74, 6) is -10.9. The van der Waals surface area contributed by atoms with Crippen LogP contribution in [-0.2, 0) is 38.8 Å². The standard InChI is InChI=1S/C28H46O11S.2Na.2H/c1-4-7-9-11-13-15-17-19-21-23(29)38-25(31)27(6-3,40(35,36)37)28(33,34)26(32)39-24(30)22-20-18-16-14-12-10-8-5-2;;;;/h4-5,33-34H,1-2,6-22H2,3H3,(H,35,36,37);;;;/q;2*+1;2*-1. The number of ether oxygens (including phenoxy) is 2. The van der Waals surface area contributed by atoms with E-state index in [2.05, 4.69) is 22.6 Å². The van der Waals surface area contributed by atoms with Gasteiger partial charge in [0, 0.05) is 12.8 Å². The molecule has 0 bridgehead atoms. The van der Waals surface area contributed by atoms with Crippen LogP contribution in [0.4, 0.5) is 0 Å². The average molecular weight is 639 g/mol. The first-order chi connectivity index (χ1) is 18.8. The van der Waals surface area contributed by atoms with Crippen molar-refractivity contribution >= 4 is 34.0 Å². The summed E-state index contributed by atoms with van der Waals surface area (Å²) in [5.41, 5.74) is 0. The van der Waals surface area contributed by atoms with Crippen LogP contribution in [0, 0.1) is 0 Å². The average Bonchev–Trinajstić information content (AvgIpc) is 2.86. The number of unbranched alkanes of at least 4 members (excludes halogenated alkanes) is 12. The zero-order chi connectivity index (χ0) is 30.7. The van der Waals surface area contributed by atoms with E-state index >= 15 is 0 Å². The van der Waals surface area contributed by atoms with E-state index in [4.69, 9.17) is 0 Å². The molecule has 1 atom stereocenters. The van der Waals surface area contributed by atoms with Gasteiger partial charge in [0.15, 0.2) is 0 Å². The molecule has 0 aliphatic rings. The van der Waals surface area contributed by atoms with Crippen molar-refractivity contribution in [1.82, 2.24) is 0 Å². The molecule has 0 rings (SSSR count). The quantitative estimate of drug-likeness (QED) is 0.0230. The maximum atomic E-state index is 12.8. The van der Waals surface area contributed by atoms with Crippen molar-refractivity contribution in [3.8, 4) is 0 Å². The fourth-order valence-corrected chi connectivity index (χ4v) is 5.22. The number of rotatable bonds is 23. The van der Waals surface area contributed by atoms with E-state index in [0.717, 1.165) is 71.1 Å². The van der Waals surface area contributed by atoms with Gasteiger partial charge in [-0.05, 0) is 44.9 Å². The van der Waals surface area contributed by atoms with E-state index in [1.807, 2.05) is 12.2 Å². The Labute approximate surface area is 297 Å². The minimum Gasteiger partial charge on any atom is -1.00 e. The van der Waals surface area contributed by atoms with Crippen molar-refractivity contribution in [2.75, 3.05) is 0 Å². The first-order valence-corrected chi connectivity index (χ1v) is 15.4. The maximum absolute atomic E-state index is 12.8. The van der Waals surface area contributed by atoms with Crippen molar-refractivity contribution < 1.29 is 114 Å². The molecule has 0 spiro atoms. The van der Waals surface area contributed by atoms with Gasteiger partial charge >= 0.3 is 83.0 Å². The minimum absolute atomic E-state index is 0. The summed E-state index contributed by atoms with van der Waals surface area (Å²) in [6.45, 7) is 8.23. The monoisotopic (exact) mass is 638 g/mol. The summed E-state index contributed by atoms with van der Waals surface area (Å²) in [5, 5.41) is 20.9. The second kappa shape index (κ2) is 24.9. The van der Waals surface area contributed by atoms with E-state index < -0.39 is 51.0 Å². The van der Waals surface area contributed by atoms with Gasteiger partial charge < -0.3 is 22.5 Å². The van der Waals surface area contributed by atoms with Crippen LogP contribution in [0.2, 0.25) is 0 Å². The molecule has 14 heteroatoms. The summed E-state index contributed by atoms with van der Waals surface area (Å²) < 4.78 is 39.4. The first kappa shape index (κ1) is 46.0. The normalized spacial score (nSPS) is 12.6. The number of carbonyl (C=O) groups excluding carboxylic acids is 4. The Morgan fingerprint density at radius 2 is 1.02 bits per heavy atom. The largest absolute Gasteiger partial charge is 1.00 e. The topological polar surface area (TPSA) is 182 Å². The third-order valence-corrected chi connectivity index (χ3v) is 8.23. The molecule has 11 nitrogen and oxygen atoms in total.